The Morgan fingerprint density at radius 3 is 2.71 bits per heavy atom. The first kappa shape index (κ1) is 11.9. The molecule has 2 aromatic heterocycles. The van der Waals surface area contributed by atoms with Gasteiger partial charge in [-0.3, -0.25) is 4.68 Å². The molecular formula is C12H18N4O. The summed E-state index contributed by atoms with van der Waals surface area (Å²) in [6.45, 7) is 7.27. The minimum absolute atomic E-state index is 0.404. The quantitative estimate of drug-likeness (QED) is 0.871. The van der Waals surface area contributed by atoms with Gasteiger partial charge in [0, 0.05) is 18.3 Å². The van der Waals surface area contributed by atoms with Crippen LogP contribution in [-0.2, 0) is 19.5 Å². The van der Waals surface area contributed by atoms with Crippen LogP contribution in [0.3, 0.4) is 0 Å². The van der Waals surface area contributed by atoms with Crippen LogP contribution in [0.25, 0.3) is 0 Å². The summed E-state index contributed by atoms with van der Waals surface area (Å²) in [5.74, 6) is 0.790. The van der Waals surface area contributed by atoms with Crippen molar-refractivity contribution in [2.45, 2.75) is 40.3 Å². The standard InChI is InChI=1S/C12H18N4O/c1-4-12-8(2)14-16(9(12)3)7-11-5-10(6-13)15-17-11/h5H,4,6-7,13H2,1-3H3. The van der Waals surface area contributed by atoms with Crippen molar-refractivity contribution >= 4 is 0 Å². The molecule has 2 aromatic rings. The molecule has 0 aliphatic rings. The molecule has 0 fully saturated rings. The fourth-order valence-electron chi connectivity index (χ4n) is 2.07. The van der Waals surface area contributed by atoms with Crippen molar-refractivity contribution < 1.29 is 4.52 Å². The van der Waals surface area contributed by atoms with Crippen LogP contribution in [0.5, 0.6) is 0 Å². The second kappa shape index (κ2) is 4.71. The highest BCUT2D eigenvalue weighted by atomic mass is 16.5. The Bertz CT molecular complexity index is 513. The third kappa shape index (κ3) is 2.24. The Morgan fingerprint density at radius 2 is 2.18 bits per heavy atom. The molecule has 0 saturated heterocycles. The van der Waals surface area contributed by atoms with Gasteiger partial charge in [-0.1, -0.05) is 12.1 Å². The molecule has 0 atom stereocenters. The van der Waals surface area contributed by atoms with E-state index in [4.69, 9.17) is 10.3 Å². The average Bonchev–Trinajstić information content (AvgIpc) is 2.86. The third-order valence-corrected chi connectivity index (χ3v) is 3.01. The van der Waals surface area contributed by atoms with Crippen molar-refractivity contribution in [3.05, 3.63) is 34.5 Å². The number of aromatic nitrogens is 3. The first-order valence-corrected chi connectivity index (χ1v) is 5.83. The molecular weight excluding hydrogens is 216 g/mol. The number of hydrogen-bond acceptors (Lipinski definition) is 4. The van der Waals surface area contributed by atoms with Gasteiger partial charge in [-0.25, -0.2) is 0 Å². The van der Waals surface area contributed by atoms with Crippen molar-refractivity contribution in [1.82, 2.24) is 14.9 Å². The predicted molar refractivity (Wildman–Crippen MR) is 64.6 cm³/mol. The molecule has 0 bridgehead atoms. The van der Waals surface area contributed by atoms with E-state index in [2.05, 4.69) is 24.1 Å². The highest BCUT2D eigenvalue weighted by Gasteiger charge is 2.11. The van der Waals surface area contributed by atoms with Gasteiger partial charge in [-0.15, -0.1) is 0 Å². The molecule has 2 N–H and O–H groups in total. The lowest BCUT2D eigenvalue weighted by Gasteiger charge is -2.01. The van der Waals surface area contributed by atoms with Gasteiger partial charge in [0.05, 0.1) is 11.4 Å². The number of nitrogens with zero attached hydrogens (tertiary/aromatic N) is 3. The summed E-state index contributed by atoms with van der Waals surface area (Å²) in [4.78, 5) is 0. The molecule has 0 aliphatic carbocycles. The van der Waals surface area contributed by atoms with Crippen LogP contribution in [0.4, 0.5) is 0 Å². The summed E-state index contributed by atoms with van der Waals surface area (Å²) in [6, 6.07) is 1.88. The Kier molecular flexibility index (Phi) is 3.28. The molecule has 17 heavy (non-hydrogen) atoms. The van der Waals surface area contributed by atoms with Gasteiger partial charge < -0.3 is 10.3 Å². The largest absolute Gasteiger partial charge is 0.359 e. The lowest BCUT2D eigenvalue weighted by atomic mass is 10.1. The van der Waals surface area contributed by atoms with Crippen LogP contribution in [0, 0.1) is 13.8 Å². The lowest BCUT2D eigenvalue weighted by molar-refractivity contribution is 0.365. The second-order valence-corrected chi connectivity index (χ2v) is 4.15. The van der Waals surface area contributed by atoms with E-state index in [9.17, 15) is 0 Å². The Morgan fingerprint density at radius 1 is 1.41 bits per heavy atom. The summed E-state index contributed by atoms with van der Waals surface area (Å²) in [7, 11) is 0. The minimum Gasteiger partial charge on any atom is -0.359 e. The first-order valence-electron chi connectivity index (χ1n) is 5.83. The predicted octanol–water partition coefficient (Wildman–Crippen LogP) is 1.56. The van der Waals surface area contributed by atoms with Gasteiger partial charge in [0.1, 0.15) is 6.54 Å². The van der Waals surface area contributed by atoms with Crippen molar-refractivity contribution in [2.24, 2.45) is 5.73 Å². The van der Waals surface area contributed by atoms with Gasteiger partial charge in [0.2, 0.25) is 0 Å². The SMILES string of the molecule is CCc1c(C)nn(Cc2cc(CN)no2)c1C. The summed E-state index contributed by atoms with van der Waals surface area (Å²) in [5, 5.41) is 8.38. The van der Waals surface area contributed by atoms with E-state index in [0.29, 0.717) is 13.1 Å². The van der Waals surface area contributed by atoms with Gasteiger partial charge in [-0.2, -0.15) is 5.10 Å². The van der Waals surface area contributed by atoms with E-state index in [1.165, 1.54) is 11.3 Å². The van der Waals surface area contributed by atoms with Crippen molar-refractivity contribution in [3.8, 4) is 0 Å². The highest BCUT2D eigenvalue weighted by Crippen LogP contribution is 2.15. The Labute approximate surface area is 101 Å². The molecule has 0 amide bonds. The fourth-order valence-corrected chi connectivity index (χ4v) is 2.07. The van der Waals surface area contributed by atoms with Crippen LogP contribution in [0.1, 0.15) is 35.3 Å². The maximum absolute atomic E-state index is 5.49. The lowest BCUT2D eigenvalue weighted by Crippen LogP contribution is -2.03. The van der Waals surface area contributed by atoms with E-state index < -0.39 is 0 Å². The summed E-state index contributed by atoms with van der Waals surface area (Å²) in [5.41, 5.74) is 9.85. The van der Waals surface area contributed by atoms with Gasteiger partial charge >= 0.3 is 0 Å². The van der Waals surface area contributed by atoms with Crippen LogP contribution in [-0.4, -0.2) is 14.9 Å². The average molecular weight is 234 g/mol. The zero-order chi connectivity index (χ0) is 12.4. The molecule has 0 radical (unpaired) electrons. The maximum atomic E-state index is 5.49. The molecule has 92 valence electrons. The number of rotatable bonds is 4. The Hall–Kier alpha value is -1.62. The number of aryl methyl sites for hydroxylation is 1. The molecule has 0 aromatic carbocycles. The second-order valence-electron chi connectivity index (χ2n) is 4.15. The van der Waals surface area contributed by atoms with Crippen LogP contribution in [0.15, 0.2) is 10.6 Å². The van der Waals surface area contributed by atoms with Gasteiger partial charge in [-0.05, 0) is 25.8 Å². The van der Waals surface area contributed by atoms with Crippen LogP contribution >= 0.6 is 0 Å². The van der Waals surface area contributed by atoms with Crippen molar-refractivity contribution in [1.29, 1.82) is 0 Å². The summed E-state index contributed by atoms with van der Waals surface area (Å²) < 4.78 is 7.16. The summed E-state index contributed by atoms with van der Waals surface area (Å²) >= 11 is 0. The summed E-state index contributed by atoms with van der Waals surface area (Å²) in [6.07, 6.45) is 1.00. The molecule has 2 heterocycles. The molecule has 2 rings (SSSR count). The minimum atomic E-state index is 0.404. The number of nitrogens with two attached hydrogens (primary N) is 1. The van der Waals surface area contributed by atoms with E-state index >= 15 is 0 Å². The highest BCUT2D eigenvalue weighted by molar-refractivity contribution is 5.24. The maximum Gasteiger partial charge on any atom is 0.158 e. The van der Waals surface area contributed by atoms with Crippen molar-refractivity contribution in [3.63, 3.8) is 0 Å². The molecule has 0 saturated carbocycles. The van der Waals surface area contributed by atoms with Crippen LogP contribution in [0.2, 0.25) is 0 Å². The van der Waals surface area contributed by atoms with E-state index in [0.717, 1.165) is 23.6 Å². The topological polar surface area (TPSA) is 69.9 Å². The molecule has 0 aliphatic heterocycles. The van der Waals surface area contributed by atoms with E-state index in [-0.39, 0.29) is 0 Å². The molecule has 5 heteroatoms. The molecule has 5 nitrogen and oxygen atoms in total. The fraction of sp³-hybridized carbons (Fsp3) is 0.500. The Balaban J connectivity index is 2.24. The number of hydrogen-bond donors (Lipinski definition) is 1. The van der Waals surface area contributed by atoms with Crippen molar-refractivity contribution in [2.75, 3.05) is 0 Å². The smallest absolute Gasteiger partial charge is 0.158 e. The first-order chi connectivity index (χ1) is 8.15. The van der Waals surface area contributed by atoms with E-state index in [1.807, 2.05) is 17.7 Å². The van der Waals surface area contributed by atoms with Gasteiger partial charge in [0.15, 0.2) is 5.76 Å². The monoisotopic (exact) mass is 234 g/mol. The zero-order valence-corrected chi connectivity index (χ0v) is 10.5. The van der Waals surface area contributed by atoms with E-state index in [1.54, 1.807) is 0 Å². The van der Waals surface area contributed by atoms with Crippen LogP contribution < -0.4 is 5.73 Å². The molecule has 0 spiro atoms. The molecule has 0 unspecified atom stereocenters. The normalized spacial score (nSPS) is 11.1. The third-order valence-electron chi connectivity index (χ3n) is 3.01. The van der Waals surface area contributed by atoms with Gasteiger partial charge in [0.25, 0.3) is 0 Å². The zero-order valence-electron chi connectivity index (χ0n) is 10.5.